The SMILES string of the molecule is COc1ccccc1C(CNC(=O)c1n[nH]c2ccc(C)cc12)N1CCCC1. The first-order valence-corrected chi connectivity index (χ1v) is 9.77. The molecule has 1 aliphatic heterocycles. The number of carbonyl (C=O) groups is 1. The summed E-state index contributed by atoms with van der Waals surface area (Å²) in [5.74, 6) is 0.699. The molecule has 6 heteroatoms. The number of nitrogens with zero attached hydrogens (tertiary/aromatic N) is 2. The van der Waals surface area contributed by atoms with E-state index in [0.29, 0.717) is 12.2 Å². The van der Waals surface area contributed by atoms with Gasteiger partial charge in [0.15, 0.2) is 5.69 Å². The van der Waals surface area contributed by atoms with E-state index in [2.05, 4.69) is 26.5 Å². The molecule has 3 aromatic rings. The van der Waals surface area contributed by atoms with Gasteiger partial charge in [-0.05, 0) is 51.1 Å². The Morgan fingerprint density at radius 1 is 1.25 bits per heavy atom. The predicted molar refractivity (Wildman–Crippen MR) is 110 cm³/mol. The highest BCUT2D eigenvalue weighted by molar-refractivity contribution is 6.04. The second kappa shape index (κ2) is 8.02. The molecule has 1 unspecified atom stereocenters. The van der Waals surface area contributed by atoms with Crippen molar-refractivity contribution in [1.29, 1.82) is 0 Å². The van der Waals surface area contributed by atoms with Crippen molar-refractivity contribution >= 4 is 16.8 Å². The normalized spacial score (nSPS) is 15.6. The fourth-order valence-corrected chi connectivity index (χ4v) is 4.00. The Hall–Kier alpha value is -2.86. The zero-order valence-electron chi connectivity index (χ0n) is 16.4. The zero-order valence-corrected chi connectivity index (χ0v) is 16.4. The Morgan fingerprint density at radius 2 is 2.04 bits per heavy atom. The van der Waals surface area contributed by atoms with E-state index in [-0.39, 0.29) is 11.9 Å². The van der Waals surface area contributed by atoms with Crippen LogP contribution < -0.4 is 10.1 Å². The van der Waals surface area contributed by atoms with Crippen molar-refractivity contribution in [3.8, 4) is 5.75 Å². The average Bonchev–Trinajstić information content (AvgIpc) is 3.38. The number of methoxy groups -OCH3 is 1. The number of amides is 1. The number of fused-ring (bicyclic) bond motifs is 1. The molecule has 0 radical (unpaired) electrons. The second-order valence-corrected chi connectivity index (χ2v) is 7.33. The van der Waals surface area contributed by atoms with E-state index < -0.39 is 0 Å². The Labute approximate surface area is 164 Å². The van der Waals surface area contributed by atoms with Crippen molar-refractivity contribution in [3.63, 3.8) is 0 Å². The fraction of sp³-hybridized carbons (Fsp3) is 0.364. The van der Waals surface area contributed by atoms with Crippen molar-refractivity contribution in [2.75, 3.05) is 26.7 Å². The van der Waals surface area contributed by atoms with Gasteiger partial charge in [0.1, 0.15) is 5.75 Å². The van der Waals surface area contributed by atoms with Gasteiger partial charge in [-0.3, -0.25) is 14.8 Å². The Kier molecular flexibility index (Phi) is 5.30. The number of likely N-dealkylation sites (tertiary alicyclic amines) is 1. The lowest BCUT2D eigenvalue weighted by molar-refractivity contribution is 0.0934. The Bertz CT molecular complexity index is 976. The van der Waals surface area contributed by atoms with Crippen LogP contribution in [0, 0.1) is 6.92 Å². The molecular formula is C22H26N4O2. The number of aromatic amines is 1. The van der Waals surface area contributed by atoms with Gasteiger partial charge in [-0.25, -0.2) is 0 Å². The lowest BCUT2D eigenvalue weighted by atomic mass is 10.0. The van der Waals surface area contributed by atoms with Crippen LogP contribution in [0.5, 0.6) is 5.75 Å². The van der Waals surface area contributed by atoms with Crippen molar-refractivity contribution in [2.24, 2.45) is 0 Å². The number of aromatic nitrogens is 2. The molecule has 1 aliphatic rings. The molecule has 1 aromatic heterocycles. The van der Waals surface area contributed by atoms with E-state index in [1.807, 2.05) is 43.3 Å². The van der Waals surface area contributed by atoms with Gasteiger partial charge in [0, 0.05) is 17.5 Å². The minimum absolute atomic E-state index is 0.0783. The molecule has 28 heavy (non-hydrogen) atoms. The molecule has 2 N–H and O–H groups in total. The van der Waals surface area contributed by atoms with Crippen LogP contribution in [0.2, 0.25) is 0 Å². The summed E-state index contributed by atoms with van der Waals surface area (Å²) in [7, 11) is 1.69. The van der Waals surface area contributed by atoms with E-state index in [1.165, 1.54) is 12.8 Å². The number of hydrogen-bond acceptors (Lipinski definition) is 4. The van der Waals surface area contributed by atoms with E-state index in [9.17, 15) is 4.79 Å². The van der Waals surface area contributed by atoms with Crippen LogP contribution in [0.1, 0.15) is 40.5 Å². The van der Waals surface area contributed by atoms with Crippen molar-refractivity contribution < 1.29 is 9.53 Å². The number of benzene rings is 2. The number of hydrogen-bond donors (Lipinski definition) is 2. The standard InChI is InChI=1S/C22H26N4O2/c1-15-9-10-18-17(13-15)21(25-24-18)22(27)23-14-19(26-11-5-6-12-26)16-7-3-4-8-20(16)28-2/h3-4,7-10,13,19H,5-6,11-12,14H2,1-2H3,(H,23,27)(H,24,25). The van der Waals surface area contributed by atoms with Crippen LogP contribution in [0.25, 0.3) is 10.9 Å². The molecule has 0 bridgehead atoms. The van der Waals surface area contributed by atoms with Crippen LogP contribution in [0.15, 0.2) is 42.5 Å². The molecule has 146 valence electrons. The summed E-state index contributed by atoms with van der Waals surface area (Å²) in [6.45, 7) is 4.59. The summed E-state index contributed by atoms with van der Waals surface area (Å²) >= 11 is 0. The maximum Gasteiger partial charge on any atom is 0.272 e. The number of rotatable bonds is 6. The number of ether oxygens (including phenoxy) is 1. The van der Waals surface area contributed by atoms with Gasteiger partial charge >= 0.3 is 0 Å². The van der Waals surface area contributed by atoms with E-state index in [4.69, 9.17) is 4.74 Å². The lowest BCUT2D eigenvalue weighted by Gasteiger charge is -2.29. The van der Waals surface area contributed by atoms with E-state index in [0.717, 1.165) is 40.9 Å². The third kappa shape index (κ3) is 3.60. The topological polar surface area (TPSA) is 70.2 Å². The highest BCUT2D eigenvalue weighted by atomic mass is 16.5. The predicted octanol–water partition coefficient (Wildman–Crippen LogP) is 3.45. The minimum atomic E-state index is -0.157. The summed E-state index contributed by atoms with van der Waals surface area (Å²) in [4.78, 5) is 15.3. The number of para-hydroxylation sites is 1. The molecule has 4 rings (SSSR count). The van der Waals surface area contributed by atoms with Gasteiger partial charge in [-0.1, -0.05) is 29.8 Å². The molecular weight excluding hydrogens is 352 g/mol. The van der Waals surface area contributed by atoms with Crippen LogP contribution >= 0.6 is 0 Å². The first-order valence-electron chi connectivity index (χ1n) is 9.77. The van der Waals surface area contributed by atoms with Crippen molar-refractivity contribution in [1.82, 2.24) is 20.4 Å². The van der Waals surface area contributed by atoms with Gasteiger partial charge in [0.05, 0.1) is 18.7 Å². The summed E-state index contributed by atoms with van der Waals surface area (Å²) < 4.78 is 5.58. The molecule has 2 heterocycles. The summed E-state index contributed by atoms with van der Waals surface area (Å²) in [5.41, 5.74) is 3.53. The third-order valence-corrected chi connectivity index (χ3v) is 5.47. The largest absolute Gasteiger partial charge is 0.496 e. The molecule has 1 saturated heterocycles. The average molecular weight is 378 g/mol. The fourth-order valence-electron chi connectivity index (χ4n) is 4.00. The number of nitrogens with one attached hydrogen (secondary N) is 2. The quantitative estimate of drug-likeness (QED) is 0.689. The van der Waals surface area contributed by atoms with Crippen molar-refractivity contribution in [3.05, 3.63) is 59.3 Å². The Balaban J connectivity index is 1.57. The summed E-state index contributed by atoms with van der Waals surface area (Å²) in [6, 6.07) is 14.1. The number of aryl methyl sites for hydroxylation is 1. The van der Waals surface area contributed by atoms with Crippen LogP contribution in [0.4, 0.5) is 0 Å². The van der Waals surface area contributed by atoms with Gasteiger partial charge in [-0.15, -0.1) is 0 Å². The molecule has 0 spiro atoms. The molecule has 1 amide bonds. The second-order valence-electron chi connectivity index (χ2n) is 7.33. The van der Waals surface area contributed by atoms with Crippen LogP contribution in [0.3, 0.4) is 0 Å². The molecule has 0 aliphatic carbocycles. The Morgan fingerprint density at radius 3 is 2.82 bits per heavy atom. The molecule has 1 fully saturated rings. The van der Waals surface area contributed by atoms with Crippen LogP contribution in [-0.4, -0.2) is 47.7 Å². The van der Waals surface area contributed by atoms with Gasteiger partial charge in [-0.2, -0.15) is 5.10 Å². The first kappa shape index (κ1) is 18.5. The maximum absolute atomic E-state index is 12.9. The highest BCUT2D eigenvalue weighted by Crippen LogP contribution is 2.31. The smallest absolute Gasteiger partial charge is 0.272 e. The van der Waals surface area contributed by atoms with Crippen LogP contribution in [-0.2, 0) is 0 Å². The molecule has 0 saturated carbocycles. The van der Waals surface area contributed by atoms with Gasteiger partial charge in [0.2, 0.25) is 0 Å². The van der Waals surface area contributed by atoms with E-state index >= 15 is 0 Å². The highest BCUT2D eigenvalue weighted by Gasteiger charge is 2.27. The molecule has 6 nitrogen and oxygen atoms in total. The summed E-state index contributed by atoms with van der Waals surface area (Å²) in [5, 5.41) is 11.1. The van der Waals surface area contributed by atoms with Gasteiger partial charge < -0.3 is 10.1 Å². The van der Waals surface area contributed by atoms with Gasteiger partial charge in [0.25, 0.3) is 5.91 Å². The summed E-state index contributed by atoms with van der Waals surface area (Å²) in [6.07, 6.45) is 2.37. The number of carbonyl (C=O) groups excluding carboxylic acids is 1. The zero-order chi connectivity index (χ0) is 19.5. The first-order chi connectivity index (χ1) is 13.7. The maximum atomic E-state index is 12.9. The third-order valence-electron chi connectivity index (χ3n) is 5.47. The minimum Gasteiger partial charge on any atom is -0.496 e. The molecule has 2 aromatic carbocycles. The monoisotopic (exact) mass is 378 g/mol. The van der Waals surface area contributed by atoms with E-state index in [1.54, 1.807) is 7.11 Å². The lowest BCUT2D eigenvalue weighted by Crippen LogP contribution is -2.37. The molecule has 1 atom stereocenters. The number of H-pyrrole nitrogens is 1. The van der Waals surface area contributed by atoms with Crippen molar-refractivity contribution in [2.45, 2.75) is 25.8 Å².